The molecule has 0 unspecified atom stereocenters. The van der Waals surface area contributed by atoms with E-state index in [9.17, 15) is 4.79 Å². The molecule has 0 aliphatic carbocycles. The number of hydrogen-bond donors (Lipinski definition) is 2. The van der Waals surface area contributed by atoms with Gasteiger partial charge in [0.25, 0.3) is 5.56 Å². The summed E-state index contributed by atoms with van der Waals surface area (Å²) in [6, 6.07) is 2.04. The van der Waals surface area contributed by atoms with Crippen molar-refractivity contribution in [1.82, 2.24) is 9.97 Å². The molecular weight excluding hydrogens is 325 g/mol. The minimum Gasteiger partial charge on any atom is -0.365 e. The molecule has 0 saturated heterocycles. The zero-order valence-corrected chi connectivity index (χ0v) is 10.6. The monoisotopic (exact) mass is 333 g/mol. The van der Waals surface area contributed by atoms with Crippen molar-refractivity contribution in [2.24, 2.45) is 0 Å². The Morgan fingerprint density at radius 1 is 1.60 bits per heavy atom. The molecule has 0 aliphatic heterocycles. The summed E-state index contributed by atoms with van der Waals surface area (Å²) in [5.41, 5.74) is 1.08. The normalized spacial score (nSPS) is 10.2. The molecule has 6 heteroatoms. The average molecular weight is 333 g/mol. The molecule has 78 valence electrons. The number of nitrogens with one attached hydrogen (secondary N) is 2. The molecule has 4 nitrogen and oxygen atoms in total. The maximum absolute atomic E-state index is 11.3. The summed E-state index contributed by atoms with van der Waals surface area (Å²) in [6.07, 6.45) is 1.40. The molecule has 0 spiro atoms. The SMILES string of the molecule is O=c1[nH]cnc(NCc2ccsc2)c1I. The van der Waals surface area contributed by atoms with E-state index in [0.29, 0.717) is 15.9 Å². The van der Waals surface area contributed by atoms with Crippen LogP contribution in [0.5, 0.6) is 0 Å². The van der Waals surface area contributed by atoms with Crippen molar-refractivity contribution in [3.63, 3.8) is 0 Å². The number of rotatable bonds is 3. The number of aromatic amines is 1. The molecule has 0 amide bonds. The summed E-state index contributed by atoms with van der Waals surface area (Å²) in [6.45, 7) is 0.690. The molecule has 0 aliphatic rings. The average Bonchev–Trinajstić information content (AvgIpc) is 2.73. The second-order valence-corrected chi connectivity index (χ2v) is 4.74. The number of H-pyrrole nitrogens is 1. The summed E-state index contributed by atoms with van der Waals surface area (Å²) >= 11 is 3.63. The van der Waals surface area contributed by atoms with Gasteiger partial charge in [0.1, 0.15) is 9.39 Å². The van der Waals surface area contributed by atoms with E-state index in [2.05, 4.69) is 20.7 Å². The van der Waals surface area contributed by atoms with Crippen LogP contribution in [0.25, 0.3) is 0 Å². The highest BCUT2D eigenvalue weighted by Gasteiger charge is 2.04. The van der Waals surface area contributed by atoms with Gasteiger partial charge >= 0.3 is 0 Å². The van der Waals surface area contributed by atoms with Crippen LogP contribution in [0.1, 0.15) is 5.56 Å². The number of nitrogens with zero attached hydrogens (tertiary/aromatic N) is 1. The Bertz CT molecular complexity index is 494. The molecule has 0 fully saturated rings. The first kappa shape index (κ1) is 10.6. The molecule has 0 radical (unpaired) electrons. The van der Waals surface area contributed by atoms with Crippen LogP contribution in [0, 0.1) is 3.57 Å². The van der Waals surface area contributed by atoms with E-state index in [1.165, 1.54) is 11.9 Å². The molecule has 0 saturated carbocycles. The van der Waals surface area contributed by atoms with Gasteiger partial charge in [0, 0.05) is 6.54 Å². The number of anilines is 1. The third kappa shape index (κ3) is 2.57. The maximum atomic E-state index is 11.3. The largest absolute Gasteiger partial charge is 0.365 e. The van der Waals surface area contributed by atoms with Gasteiger partial charge in [-0.15, -0.1) is 0 Å². The van der Waals surface area contributed by atoms with E-state index in [4.69, 9.17) is 0 Å². The fourth-order valence-electron chi connectivity index (χ4n) is 1.09. The topological polar surface area (TPSA) is 57.8 Å². The maximum Gasteiger partial charge on any atom is 0.266 e. The minimum atomic E-state index is -0.113. The van der Waals surface area contributed by atoms with Crippen LogP contribution < -0.4 is 10.9 Å². The Kier molecular flexibility index (Phi) is 3.37. The molecular formula is C9H8IN3OS. The van der Waals surface area contributed by atoms with E-state index in [1.807, 2.05) is 34.0 Å². The van der Waals surface area contributed by atoms with Crippen molar-refractivity contribution in [2.45, 2.75) is 6.54 Å². The molecule has 0 bridgehead atoms. The first-order valence-electron chi connectivity index (χ1n) is 4.25. The van der Waals surface area contributed by atoms with Gasteiger partial charge in [0.2, 0.25) is 0 Å². The highest BCUT2D eigenvalue weighted by Crippen LogP contribution is 2.12. The first-order chi connectivity index (χ1) is 7.27. The van der Waals surface area contributed by atoms with Gasteiger partial charge in [-0.2, -0.15) is 11.3 Å². The van der Waals surface area contributed by atoms with Crippen molar-refractivity contribution in [2.75, 3.05) is 5.32 Å². The van der Waals surface area contributed by atoms with Gasteiger partial charge in [-0.1, -0.05) is 0 Å². The van der Waals surface area contributed by atoms with E-state index < -0.39 is 0 Å². The Balaban J connectivity index is 2.12. The summed E-state index contributed by atoms with van der Waals surface area (Å²) in [5.74, 6) is 0.630. The fourth-order valence-corrected chi connectivity index (χ4v) is 2.24. The number of thiophene rings is 1. The zero-order chi connectivity index (χ0) is 10.7. The lowest BCUT2D eigenvalue weighted by atomic mass is 10.3. The third-order valence-electron chi connectivity index (χ3n) is 1.84. The highest BCUT2D eigenvalue weighted by atomic mass is 127. The van der Waals surface area contributed by atoms with Crippen LogP contribution in [0.2, 0.25) is 0 Å². The summed E-state index contributed by atoms with van der Waals surface area (Å²) in [5, 5.41) is 7.21. The molecule has 2 N–H and O–H groups in total. The Morgan fingerprint density at radius 3 is 3.20 bits per heavy atom. The first-order valence-corrected chi connectivity index (χ1v) is 6.27. The molecule has 2 aromatic heterocycles. The van der Waals surface area contributed by atoms with Gasteiger partial charge < -0.3 is 10.3 Å². The van der Waals surface area contributed by atoms with Crippen molar-refractivity contribution in [3.8, 4) is 0 Å². The second-order valence-electron chi connectivity index (χ2n) is 2.88. The Morgan fingerprint density at radius 2 is 2.47 bits per heavy atom. The quantitative estimate of drug-likeness (QED) is 0.846. The second kappa shape index (κ2) is 4.75. The van der Waals surface area contributed by atoms with Crippen molar-refractivity contribution in [3.05, 3.63) is 42.6 Å². The molecule has 0 aromatic carbocycles. The summed E-state index contributed by atoms with van der Waals surface area (Å²) in [4.78, 5) is 17.8. The molecule has 2 heterocycles. The minimum absolute atomic E-state index is 0.113. The van der Waals surface area contributed by atoms with Crippen molar-refractivity contribution < 1.29 is 0 Å². The summed E-state index contributed by atoms with van der Waals surface area (Å²) in [7, 11) is 0. The lowest BCUT2D eigenvalue weighted by Crippen LogP contribution is -2.14. The van der Waals surface area contributed by atoms with E-state index in [0.717, 1.165) is 0 Å². The van der Waals surface area contributed by atoms with Crippen LogP contribution >= 0.6 is 33.9 Å². The smallest absolute Gasteiger partial charge is 0.266 e. The lowest BCUT2D eigenvalue weighted by Gasteiger charge is -2.04. The van der Waals surface area contributed by atoms with E-state index >= 15 is 0 Å². The van der Waals surface area contributed by atoms with Crippen LogP contribution in [-0.4, -0.2) is 9.97 Å². The van der Waals surface area contributed by atoms with Gasteiger partial charge in [-0.3, -0.25) is 4.79 Å². The van der Waals surface area contributed by atoms with Crippen LogP contribution in [0.4, 0.5) is 5.82 Å². The summed E-state index contributed by atoms with van der Waals surface area (Å²) < 4.78 is 0.588. The fraction of sp³-hybridized carbons (Fsp3) is 0.111. The number of aromatic nitrogens is 2. The predicted molar refractivity (Wildman–Crippen MR) is 69.2 cm³/mol. The predicted octanol–water partition coefficient (Wildman–Crippen LogP) is 2.05. The van der Waals surface area contributed by atoms with Crippen LogP contribution in [-0.2, 0) is 6.54 Å². The van der Waals surface area contributed by atoms with Crippen molar-refractivity contribution in [1.29, 1.82) is 0 Å². The van der Waals surface area contributed by atoms with Crippen LogP contribution in [0.15, 0.2) is 27.9 Å². The molecule has 2 rings (SSSR count). The molecule has 2 aromatic rings. The standard InChI is InChI=1S/C9H8IN3OS/c10-7-8(12-5-13-9(7)14)11-3-6-1-2-15-4-6/h1-2,4-5H,3H2,(H2,11,12,13,14). The van der Waals surface area contributed by atoms with Gasteiger partial charge in [-0.25, -0.2) is 4.98 Å². The Hall–Kier alpha value is -0.890. The third-order valence-corrected chi connectivity index (χ3v) is 3.57. The highest BCUT2D eigenvalue weighted by molar-refractivity contribution is 14.1. The van der Waals surface area contributed by atoms with Gasteiger partial charge in [-0.05, 0) is 45.0 Å². The number of halogens is 1. The lowest BCUT2D eigenvalue weighted by molar-refractivity contribution is 1.05. The zero-order valence-electron chi connectivity index (χ0n) is 7.66. The molecule has 0 atom stereocenters. The van der Waals surface area contributed by atoms with Gasteiger partial charge in [0.05, 0.1) is 6.33 Å². The van der Waals surface area contributed by atoms with Crippen molar-refractivity contribution >= 4 is 39.7 Å². The number of hydrogen-bond acceptors (Lipinski definition) is 4. The van der Waals surface area contributed by atoms with Gasteiger partial charge in [0.15, 0.2) is 0 Å². The van der Waals surface area contributed by atoms with E-state index in [-0.39, 0.29) is 5.56 Å². The molecule has 15 heavy (non-hydrogen) atoms. The van der Waals surface area contributed by atoms with Crippen LogP contribution in [0.3, 0.4) is 0 Å². The Labute approximate surface area is 104 Å². The van der Waals surface area contributed by atoms with E-state index in [1.54, 1.807) is 11.3 Å².